The Bertz CT molecular complexity index is 277. The van der Waals surface area contributed by atoms with Gasteiger partial charge in [0, 0.05) is 26.1 Å². The Morgan fingerprint density at radius 3 is 2.50 bits per heavy atom. The largest absolute Gasteiger partial charge is 0.371 e. The van der Waals surface area contributed by atoms with Crippen molar-refractivity contribution in [3.63, 3.8) is 0 Å². The van der Waals surface area contributed by atoms with Gasteiger partial charge in [0.2, 0.25) is 6.36 Å². The van der Waals surface area contributed by atoms with Gasteiger partial charge >= 0.3 is 0 Å². The van der Waals surface area contributed by atoms with Crippen LogP contribution >= 0.6 is 0 Å². The third-order valence-electron chi connectivity index (χ3n) is 3.05. The summed E-state index contributed by atoms with van der Waals surface area (Å²) < 4.78 is 28.2. The zero-order valence-electron chi connectivity index (χ0n) is 9.68. The first-order valence-electron chi connectivity index (χ1n) is 4.89. The fourth-order valence-corrected chi connectivity index (χ4v) is 2.17. The zero-order chi connectivity index (χ0) is 12.5. The summed E-state index contributed by atoms with van der Waals surface area (Å²) in [5.74, 6) is 0. The highest BCUT2D eigenvalue weighted by atomic mass is 19.1. The molecule has 1 saturated heterocycles. The summed E-state index contributed by atoms with van der Waals surface area (Å²) in [5.41, 5.74) is -1.65. The second-order valence-electron chi connectivity index (χ2n) is 3.99. The molecule has 0 aromatic heterocycles. The van der Waals surface area contributed by atoms with E-state index in [1.54, 1.807) is 6.92 Å². The van der Waals surface area contributed by atoms with Crippen molar-refractivity contribution < 1.29 is 23.5 Å². The van der Waals surface area contributed by atoms with E-state index in [4.69, 9.17) is 9.47 Å². The van der Waals surface area contributed by atoms with Crippen LogP contribution in [0.3, 0.4) is 0 Å². The van der Waals surface area contributed by atoms with Crippen LogP contribution in [0.15, 0.2) is 0 Å². The number of halogens is 1. The molecule has 0 amide bonds. The number of alkyl halides is 1. The lowest BCUT2D eigenvalue weighted by Gasteiger charge is -2.26. The summed E-state index contributed by atoms with van der Waals surface area (Å²) >= 11 is 0. The number of nitro groups is 1. The Hall–Kier alpha value is -0.790. The van der Waals surface area contributed by atoms with Crippen molar-refractivity contribution in [2.24, 2.45) is 0 Å². The molecule has 94 valence electrons. The van der Waals surface area contributed by atoms with Crippen molar-refractivity contribution in [2.45, 2.75) is 44.1 Å². The van der Waals surface area contributed by atoms with E-state index in [1.165, 1.54) is 14.0 Å². The third-order valence-corrected chi connectivity index (χ3v) is 3.05. The number of hydrogen-bond acceptors (Lipinski definition) is 5. The summed E-state index contributed by atoms with van der Waals surface area (Å²) in [6.45, 7) is 2.92. The summed E-state index contributed by atoms with van der Waals surface area (Å²) in [6.07, 6.45) is -4.48. The SMILES string of the molecule is CO[C@H](F)[C@@H]1O[C@@H](C)[C@H](OC)[C@@]1(C)[N+](=O)[O-]. The molecule has 16 heavy (non-hydrogen) atoms. The first-order valence-corrected chi connectivity index (χ1v) is 4.89. The lowest BCUT2D eigenvalue weighted by atomic mass is 9.89. The van der Waals surface area contributed by atoms with Crippen LogP contribution in [0.1, 0.15) is 13.8 Å². The highest BCUT2D eigenvalue weighted by Crippen LogP contribution is 2.38. The van der Waals surface area contributed by atoms with Crippen LogP contribution in [0.2, 0.25) is 0 Å². The monoisotopic (exact) mass is 237 g/mol. The molecule has 1 fully saturated rings. The van der Waals surface area contributed by atoms with Gasteiger partial charge in [-0.3, -0.25) is 10.1 Å². The Morgan fingerprint density at radius 1 is 1.56 bits per heavy atom. The minimum Gasteiger partial charge on any atom is -0.371 e. The first kappa shape index (κ1) is 13.3. The lowest BCUT2D eigenvalue weighted by molar-refractivity contribution is -0.584. The predicted octanol–water partition coefficient (Wildman–Crippen LogP) is 0.766. The fourth-order valence-electron chi connectivity index (χ4n) is 2.17. The minimum absolute atomic E-state index is 0.557. The number of rotatable bonds is 4. The molecule has 5 atom stereocenters. The molecule has 7 heteroatoms. The van der Waals surface area contributed by atoms with Crippen LogP contribution in [0.5, 0.6) is 0 Å². The Balaban J connectivity index is 3.06. The van der Waals surface area contributed by atoms with Gasteiger partial charge in [0.25, 0.3) is 5.54 Å². The number of methoxy groups -OCH3 is 2. The van der Waals surface area contributed by atoms with Gasteiger partial charge in [-0.15, -0.1) is 0 Å². The molecular weight excluding hydrogens is 221 g/mol. The fraction of sp³-hybridized carbons (Fsp3) is 1.00. The number of hydrogen-bond donors (Lipinski definition) is 0. The van der Waals surface area contributed by atoms with Crippen molar-refractivity contribution in [1.29, 1.82) is 0 Å². The van der Waals surface area contributed by atoms with E-state index in [0.29, 0.717) is 0 Å². The van der Waals surface area contributed by atoms with Crippen LogP contribution in [-0.4, -0.2) is 49.4 Å². The van der Waals surface area contributed by atoms with Crippen molar-refractivity contribution in [1.82, 2.24) is 0 Å². The summed E-state index contributed by atoms with van der Waals surface area (Å²) in [5, 5.41) is 11.1. The molecule has 0 aliphatic carbocycles. The molecule has 0 N–H and O–H groups in total. The van der Waals surface area contributed by atoms with Gasteiger partial charge in [-0.25, -0.2) is 4.39 Å². The average molecular weight is 237 g/mol. The van der Waals surface area contributed by atoms with Crippen LogP contribution in [0.25, 0.3) is 0 Å². The van der Waals surface area contributed by atoms with E-state index in [-0.39, 0.29) is 0 Å². The maximum atomic E-state index is 13.5. The summed E-state index contributed by atoms with van der Waals surface area (Å²) in [4.78, 5) is 10.5. The molecule has 0 bridgehead atoms. The van der Waals surface area contributed by atoms with Gasteiger partial charge in [-0.2, -0.15) is 0 Å². The van der Waals surface area contributed by atoms with Crippen LogP contribution in [-0.2, 0) is 14.2 Å². The quantitative estimate of drug-likeness (QED) is 0.533. The van der Waals surface area contributed by atoms with Crippen LogP contribution < -0.4 is 0 Å². The van der Waals surface area contributed by atoms with Gasteiger partial charge in [-0.05, 0) is 6.92 Å². The van der Waals surface area contributed by atoms with E-state index < -0.39 is 35.1 Å². The molecule has 1 aliphatic rings. The van der Waals surface area contributed by atoms with Crippen molar-refractivity contribution in [3.8, 4) is 0 Å². The summed E-state index contributed by atoms with van der Waals surface area (Å²) in [6, 6.07) is 0. The van der Waals surface area contributed by atoms with E-state index in [2.05, 4.69) is 4.74 Å². The molecule has 1 rings (SSSR count). The van der Waals surface area contributed by atoms with Crippen molar-refractivity contribution in [3.05, 3.63) is 10.1 Å². The highest BCUT2D eigenvalue weighted by molar-refractivity contribution is 5.02. The topological polar surface area (TPSA) is 70.8 Å². The van der Waals surface area contributed by atoms with Gasteiger partial charge in [-0.1, -0.05) is 0 Å². The standard InChI is InChI=1S/C9H16FNO5/c1-5-6(14-3)9(2,11(12)13)7(16-5)8(10)15-4/h5-8H,1-4H3/t5-,6-,7-,8-,9+/m0/s1. The maximum absolute atomic E-state index is 13.5. The Morgan fingerprint density at radius 2 is 2.12 bits per heavy atom. The van der Waals surface area contributed by atoms with Crippen molar-refractivity contribution in [2.75, 3.05) is 14.2 Å². The van der Waals surface area contributed by atoms with Gasteiger partial charge in [0.1, 0.15) is 0 Å². The zero-order valence-corrected chi connectivity index (χ0v) is 9.68. The minimum atomic E-state index is -1.85. The average Bonchev–Trinajstić information content (AvgIpc) is 2.50. The molecule has 0 unspecified atom stereocenters. The second kappa shape index (κ2) is 4.60. The third kappa shape index (κ3) is 1.79. The van der Waals surface area contributed by atoms with Gasteiger partial charge in [0.15, 0.2) is 12.2 Å². The predicted molar refractivity (Wildman–Crippen MR) is 52.4 cm³/mol. The Kier molecular flexibility index (Phi) is 3.82. The van der Waals surface area contributed by atoms with E-state index >= 15 is 0 Å². The molecule has 0 spiro atoms. The van der Waals surface area contributed by atoms with Crippen LogP contribution in [0.4, 0.5) is 4.39 Å². The molecule has 6 nitrogen and oxygen atoms in total. The molecule has 0 saturated carbocycles. The van der Waals surface area contributed by atoms with E-state index in [1.807, 2.05) is 0 Å². The summed E-state index contributed by atoms with van der Waals surface area (Å²) in [7, 11) is 2.48. The first-order chi connectivity index (χ1) is 7.39. The van der Waals surface area contributed by atoms with E-state index in [9.17, 15) is 14.5 Å². The van der Waals surface area contributed by atoms with Crippen LogP contribution in [0, 0.1) is 10.1 Å². The second-order valence-corrected chi connectivity index (χ2v) is 3.99. The number of nitrogens with zero attached hydrogens (tertiary/aromatic N) is 1. The number of ether oxygens (including phenoxy) is 3. The van der Waals surface area contributed by atoms with E-state index in [0.717, 1.165) is 7.11 Å². The maximum Gasteiger partial charge on any atom is 0.278 e. The molecule has 0 aromatic carbocycles. The highest BCUT2D eigenvalue weighted by Gasteiger charge is 2.65. The lowest BCUT2D eigenvalue weighted by Crippen LogP contribution is -2.55. The van der Waals surface area contributed by atoms with Gasteiger partial charge in [0.05, 0.1) is 6.10 Å². The normalized spacial score (nSPS) is 40.9. The molecule has 1 heterocycles. The van der Waals surface area contributed by atoms with Crippen molar-refractivity contribution >= 4 is 0 Å². The molecular formula is C9H16FNO5. The molecule has 1 aliphatic heterocycles. The smallest absolute Gasteiger partial charge is 0.278 e. The molecule has 0 aromatic rings. The van der Waals surface area contributed by atoms with Gasteiger partial charge < -0.3 is 14.2 Å². The molecule has 0 radical (unpaired) electrons. The Labute approximate surface area is 92.8 Å².